The molecule has 0 aliphatic carbocycles. The summed E-state index contributed by atoms with van der Waals surface area (Å²) in [5.41, 5.74) is 0. The summed E-state index contributed by atoms with van der Waals surface area (Å²) in [6.45, 7) is 3.18. The molecule has 1 fully saturated rings. The predicted octanol–water partition coefficient (Wildman–Crippen LogP) is -1.26. The number of nitrogens with zero attached hydrogens (tertiary/aromatic N) is 2. The monoisotopic (exact) mass is 221 g/mol. The highest BCUT2D eigenvalue weighted by molar-refractivity contribution is 7.86. The van der Waals surface area contributed by atoms with Gasteiger partial charge in [0, 0.05) is 33.1 Å². The minimum absolute atomic E-state index is 0.0266. The standard InChI is InChI=1S/C7H15N3O3S/c1-7(11)9-3-2-4-10(6-5-9)14(8,12)13/h2-6H2,1H3,(H2,8,12,13). The third-order valence-electron chi connectivity index (χ3n) is 2.26. The number of nitrogens with two attached hydrogens (primary N) is 1. The molecule has 1 aliphatic heterocycles. The normalized spacial score (nSPS) is 20.6. The number of carbonyl (C=O) groups excluding carboxylic acids is 1. The van der Waals surface area contributed by atoms with Crippen LogP contribution in [-0.2, 0) is 15.0 Å². The van der Waals surface area contributed by atoms with Crippen molar-refractivity contribution in [1.82, 2.24) is 9.21 Å². The van der Waals surface area contributed by atoms with Gasteiger partial charge in [-0.1, -0.05) is 0 Å². The molecule has 2 N–H and O–H groups in total. The zero-order valence-electron chi connectivity index (χ0n) is 8.14. The van der Waals surface area contributed by atoms with Crippen LogP contribution in [0.3, 0.4) is 0 Å². The van der Waals surface area contributed by atoms with Crippen LogP contribution in [0, 0.1) is 0 Å². The van der Waals surface area contributed by atoms with Gasteiger partial charge in [-0.3, -0.25) is 4.79 Å². The number of hydrogen-bond donors (Lipinski definition) is 1. The van der Waals surface area contributed by atoms with Crippen LogP contribution in [0.1, 0.15) is 13.3 Å². The molecule has 0 aromatic carbocycles. The first-order valence-electron chi connectivity index (χ1n) is 4.44. The van der Waals surface area contributed by atoms with Gasteiger partial charge in [0.15, 0.2) is 0 Å². The fourth-order valence-electron chi connectivity index (χ4n) is 1.46. The molecule has 0 aromatic heterocycles. The first-order valence-corrected chi connectivity index (χ1v) is 5.95. The Hall–Kier alpha value is -0.660. The summed E-state index contributed by atoms with van der Waals surface area (Å²) >= 11 is 0. The number of hydrogen-bond acceptors (Lipinski definition) is 3. The maximum Gasteiger partial charge on any atom is 0.276 e. The van der Waals surface area contributed by atoms with Crippen molar-refractivity contribution in [3.05, 3.63) is 0 Å². The molecular formula is C7H15N3O3S. The molecule has 0 spiro atoms. The summed E-state index contributed by atoms with van der Waals surface area (Å²) in [7, 11) is -3.60. The molecule has 82 valence electrons. The molecule has 6 nitrogen and oxygen atoms in total. The Bertz CT molecular complexity index is 314. The van der Waals surface area contributed by atoms with Crippen molar-refractivity contribution < 1.29 is 13.2 Å². The summed E-state index contributed by atoms with van der Waals surface area (Å²) in [6.07, 6.45) is 0.635. The first kappa shape index (κ1) is 11.4. The van der Waals surface area contributed by atoms with Gasteiger partial charge in [-0.2, -0.15) is 12.7 Å². The summed E-state index contributed by atoms with van der Waals surface area (Å²) in [6, 6.07) is 0. The zero-order chi connectivity index (χ0) is 10.8. The Morgan fingerprint density at radius 1 is 1.21 bits per heavy atom. The Labute approximate surface area is 83.8 Å². The van der Waals surface area contributed by atoms with Gasteiger partial charge < -0.3 is 4.90 Å². The molecule has 14 heavy (non-hydrogen) atoms. The minimum atomic E-state index is -3.60. The molecular weight excluding hydrogens is 206 g/mol. The van der Waals surface area contributed by atoms with Gasteiger partial charge in [0.25, 0.3) is 10.2 Å². The topological polar surface area (TPSA) is 83.7 Å². The first-order chi connectivity index (χ1) is 6.41. The van der Waals surface area contributed by atoms with Crippen molar-refractivity contribution in [2.24, 2.45) is 5.14 Å². The van der Waals surface area contributed by atoms with Gasteiger partial charge in [-0.15, -0.1) is 0 Å². The van der Waals surface area contributed by atoms with E-state index in [1.54, 1.807) is 4.90 Å². The molecule has 0 saturated carbocycles. The Morgan fingerprint density at radius 2 is 1.86 bits per heavy atom. The summed E-state index contributed by atoms with van der Waals surface area (Å²) in [5, 5.41) is 5.00. The largest absolute Gasteiger partial charge is 0.342 e. The van der Waals surface area contributed by atoms with Gasteiger partial charge in [0.2, 0.25) is 5.91 Å². The number of rotatable bonds is 1. The van der Waals surface area contributed by atoms with Crippen LogP contribution in [0.5, 0.6) is 0 Å². The van der Waals surface area contributed by atoms with Crippen molar-refractivity contribution in [3.63, 3.8) is 0 Å². The van der Waals surface area contributed by atoms with Crippen LogP contribution in [0.4, 0.5) is 0 Å². The lowest BCUT2D eigenvalue weighted by Gasteiger charge is -2.18. The highest BCUT2D eigenvalue weighted by atomic mass is 32.2. The van der Waals surface area contributed by atoms with E-state index < -0.39 is 10.2 Å². The Balaban J connectivity index is 2.62. The maximum atomic E-state index is 11.0. The number of carbonyl (C=O) groups is 1. The van der Waals surface area contributed by atoms with E-state index in [0.717, 1.165) is 0 Å². The zero-order valence-corrected chi connectivity index (χ0v) is 8.96. The minimum Gasteiger partial charge on any atom is -0.342 e. The van der Waals surface area contributed by atoms with Crippen LogP contribution in [-0.4, -0.2) is 49.7 Å². The molecule has 0 aromatic rings. The third kappa shape index (κ3) is 2.93. The molecule has 0 radical (unpaired) electrons. The molecule has 1 aliphatic rings. The molecule has 1 saturated heterocycles. The van der Waals surface area contributed by atoms with Crippen LogP contribution in [0.15, 0.2) is 0 Å². The van der Waals surface area contributed by atoms with E-state index in [1.807, 2.05) is 0 Å². The van der Waals surface area contributed by atoms with Gasteiger partial charge in [0.05, 0.1) is 0 Å². The van der Waals surface area contributed by atoms with E-state index in [-0.39, 0.29) is 5.91 Å². The SMILES string of the molecule is CC(=O)N1CCCN(S(N)(=O)=O)CC1. The third-order valence-corrected chi connectivity index (χ3v) is 3.35. The lowest BCUT2D eigenvalue weighted by molar-refractivity contribution is -0.128. The van der Waals surface area contributed by atoms with Crippen molar-refractivity contribution in [2.75, 3.05) is 26.2 Å². The highest BCUT2D eigenvalue weighted by Gasteiger charge is 2.22. The predicted molar refractivity (Wildman–Crippen MR) is 51.6 cm³/mol. The quantitative estimate of drug-likeness (QED) is 0.600. The lowest BCUT2D eigenvalue weighted by Crippen LogP contribution is -2.39. The average Bonchev–Trinajstić information content (AvgIpc) is 2.26. The van der Waals surface area contributed by atoms with Crippen molar-refractivity contribution in [1.29, 1.82) is 0 Å². The van der Waals surface area contributed by atoms with E-state index >= 15 is 0 Å². The van der Waals surface area contributed by atoms with Gasteiger partial charge in [0.1, 0.15) is 0 Å². The molecule has 1 amide bonds. The smallest absolute Gasteiger partial charge is 0.276 e. The average molecular weight is 221 g/mol. The highest BCUT2D eigenvalue weighted by Crippen LogP contribution is 2.05. The summed E-state index contributed by atoms with van der Waals surface area (Å²) < 4.78 is 23.2. The van der Waals surface area contributed by atoms with E-state index in [1.165, 1.54) is 11.2 Å². The van der Waals surface area contributed by atoms with Crippen LogP contribution in [0.25, 0.3) is 0 Å². The molecule has 0 unspecified atom stereocenters. The van der Waals surface area contributed by atoms with Crippen LogP contribution < -0.4 is 5.14 Å². The second-order valence-electron chi connectivity index (χ2n) is 3.30. The van der Waals surface area contributed by atoms with E-state index in [2.05, 4.69) is 0 Å². The summed E-state index contributed by atoms with van der Waals surface area (Å²) in [5.74, 6) is -0.0266. The van der Waals surface area contributed by atoms with E-state index in [4.69, 9.17) is 5.14 Å². The molecule has 1 rings (SSSR count). The van der Waals surface area contributed by atoms with Crippen LogP contribution >= 0.6 is 0 Å². The van der Waals surface area contributed by atoms with Crippen molar-refractivity contribution in [3.8, 4) is 0 Å². The van der Waals surface area contributed by atoms with E-state index in [0.29, 0.717) is 32.6 Å². The summed E-state index contributed by atoms with van der Waals surface area (Å²) in [4.78, 5) is 12.7. The van der Waals surface area contributed by atoms with Crippen molar-refractivity contribution >= 4 is 16.1 Å². The second kappa shape index (κ2) is 4.24. The fourth-order valence-corrected chi connectivity index (χ4v) is 2.18. The maximum absolute atomic E-state index is 11.0. The van der Waals surface area contributed by atoms with Crippen molar-refractivity contribution in [2.45, 2.75) is 13.3 Å². The second-order valence-corrected chi connectivity index (χ2v) is 4.85. The molecule has 0 atom stereocenters. The van der Waals surface area contributed by atoms with Crippen LogP contribution in [0.2, 0.25) is 0 Å². The molecule has 1 heterocycles. The molecule has 0 bridgehead atoms. The Morgan fingerprint density at radius 3 is 2.36 bits per heavy atom. The van der Waals surface area contributed by atoms with Gasteiger partial charge in [-0.05, 0) is 6.42 Å². The van der Waals surface area contributed by atoms with E-state index in [9.17, 15) is 13.2 Å². The van der Waals surface area contributed by atoms with Gasteiger partial charge >= 0.3 is 0 Å². The number of amides is 1. The fraction of sp³-hybridized carbons (Fsp3) is 0.857. The van der Waals surface area contributed by atoms with Gasteiger partial charge in [-0.25, -0.2) is 5.14 Å². The Kier molecular flexibility index (Phi) is 3.46. The molecule has 7 heteroatoms. The lowest BCUT2D eigenvalue weighted by atomic mass is 10.4.